The van der Waals surface area contributed by atoms with Crippen molar-refractivity contribution in [2.75, 3.05) is 0 Å². The highest BCUT2D eigenvalue weighted by atomic mass is 16.4. The van der Waals surface area contributed by atoms with E-state index >= 15 is 0 Å². The Bertz CT molecular complexity index is 490. The van der Waals surface area contributed by atoms with Gasteiger partial charge in [0.05, 0.1) is 0 Å². The SMILES string of the molecule is N/C(=N/O)C1(NC(=O)c2ccc(O)cc2)CCCC1. The molecule has 1 saturated carbocycles. The number of carbonyl (C=O) groups is 1. The Balaban J connectivity index is 2.18. The number of rotatable bonds is 3. The standard InChI is InChI=1S/C13H17N3O3/c14-12(16-19)13(7-1-2-8-13)15-11(18)9-3-5-10(17)6-4-9/h3-6,17,19H,1-2,7-8H2,(H2,14,16)(H,15,18). The zero-order valence-corrected chi connectivity index (χ0v) is 10.5. The van der Waals surface area contributed by atoms with Crippen LogP contribution in [0.15, 0.2) is 29.4 Å². The smallest absolute Gasteiger partial charge is 0.252 e. The monoisotopic (exact) mass is 263 g/mol. The summed E-state index contributed by atoms with van der Waals surface area (Å²) >= 11 is 0. The number of oxime groups is 1. The van der Waals surface area contributed by atoms with Crippen molar-refractivity contribution in [3.63, 3.8) is 0 Å². The Hall–Kier alpha value is -2.24. The Labute approximate surface area is 110 Å². The maximum absolute atomic E-state index is 12.2. The second kappa shape index (κ2) is 5.17. The first-order valence-electron chi connectivity index (χ1n) is 6.17. The molecule has 6 nitrogen and oxygen atoms in total. The number of hydrogen-bond acceptors (Lipinski definition) is 4. The number of nitrogens with zero attached hydrogens (tertiary/aromatic N) is 1. The van der Waals surface area contributed by atoms with Crippen molar-refractivity contribution in [1.29, 1.82) is 0 Å². The lowest BCUT2D eigenvalue weighted by atomic mass is 9.95. The summed E-state index contributed by atoms with van der Waals surface area (Å²) in [5.41, 5.74) is 5.37. The molecule has 0 unspecified atom stereocenters. The molecule has 1 aromatic rings. The van der Waals surface area contributed by atoms with Gasteiger partial charge >= 0.3 is 0 Å². The molecule has 0 heterocycles. The Morgan fingerprint density at radius 3 is 2.37 bits per heavy atom. The minimum absolute atomic E-state index is 0.0390. The first-order chi connectivity index (χ1) is 9.07. The van der Waals surface area contributed by atoms with E-state index in [9.17, 15) is 9.90 Å². The van der Waals surface area contributed by atoms with Gasteiger partial charge in [-0.05, 0) is 37.1 Å². The number of phenolic OH excluding ortho intramolecular Hbond substituents is 1. The molecule has 1 aliphatic carbocycles. The van der Waals surface area contributed by atoms with Crippen LogP contribution >= 0.6 is 0 Å². The normalized spacial score (nSPS) is 18.2. The number of nitrogens with one attached hydrogen (secondary N) is 1. The molecule has 0 aromatic heterocycles. The van der Waals surface area contributed by atoms with Crippen LogP contribution in [0.25, 0.3) is 0 Å². The quantitative estimate of drug-likeness (QED) is 0.284. The molecule has 0 atom stereocenters. The fraction of sp³-hybridized carbons (Fsp3) is 0.385. The average molecular weight is 263 g/mol. The highest BCUT2D eigenvalue weighted by Crippen LogP contribution is 2.30. The maximum Gasteiger partial charge on any atom is 0.252 e. The molecule has 1 aromatic carbocycles. The lowest BCUT2D eigenvalue weighted by molar-refractivity contribution is 0.0922. The van der Waals surface area contributed by atoms with Crippen LogP contribution in [0.2, 0.25) is 0 Å². The lowest BCUT2D eigenvalue weighted by Gasteiger charge is -2.28. The Kier molecular flexibility index (Phi) is 3.59. The van der Waals surface area contributed by atoms with E-state index in [-0.39, 0.29) is 17.5 Å². The van der Waals surface area contributed by atoms with Crippen molar-refractivity contribution >= 4 is 11.7 Å². The summed E-state index contributed by atoms with van der Waals surface area (Å²) in [6, 6.07) is 5.94. The van der Waals surface area contributed by atoms with E-state index in [0.717, 1.165) is 12.8 Å². The van der Waals surface area contributed by atoms with E-state index in [0.29, 0.717) is 18.4 Å². The van der Waals surface area contributed by atoms with Gasteiger partial charge in [0.15, 0.2) is 5.84 Å². The number of phenols is 1. The molecule has 0 saturated heterocycles. The van der Waals surface area contributed by atoms with E-state index < -0.39 is 5.54 Å². The van der Waals surface area contributed by atoms with E-state index in [1.54, 1.807) is 0 Å². The van der Waals surface area contributed by atoms with Gasteiger partial charge in [0, 0.05) is 5.56 Å². The van der Waals surface area contributed by atoms with Crippen molar-refractivity contribution < 1.29 is 15.1 Å². The molecule has 0 aliphatic heterocycles. The Morgan fingerprint density at radius 2 is 1.84 bits per heavy atom. The van der Waals surface area contributed by atoms with E-state index in [2.05, 4.69) is 10.5 Å². The number of nitrogens with two attached hydrogens (primary N) is 1. The van der Waals surface area contributed by atoms with Gasteiger partial charge in [-0.25, -0.2) is 0 Å². The minimum atomic E-state index is -0.760. The molecule has 1 aliphatic rings. The molecule has 1 fully saturated rings. The van der Waals surface area contributed by atoms with Crippen LogP contribution < -0.4 is 11.1 Å². The first kappa shape index (κ1) is 13.2. The van der Waals surface area contributed by atoms with E-state index in [4.69, 9.17) is 10.9 Å². The summed E-state index contributed by atoms with van der Waals surface area (Å²) in [5.74, 6) is -0.158. The van der Waals surface area contributed by atoms with Gasteiger partial charge in [-0.15, -0.1) is 0 Å². The van der Waals surface area contributed by atoms with Crippen LogP contribution in [0.1, 0.15) is 36.0 Å². The third kappa shape index (κ3) is 2.62. The summed E-state index contributed by atoms with van der Waals surface area (Å²) in [4.78, 5) is 12.2. The third-order valence-corrected chi connectivity index (χ3v) is 3.54. The molecule has 1 amide bonds. The summed E-state index contributed by atoms with van der Waals surface area (Å²) in [5, 5.41) is 23.9. The zero-order valence-electron chi connectivity index (χ0n) is 10.5. The lowest BCUT2D eigenvalue weighted by Crippen LogP contribution is -2.55. The van der Waals surface area contributed by atoms with Crippen LogP contribution in [-0.2, 0) is 0 Å². The van der Waals surface area contributed by atoms with Crippen LogP contribution in [-0.4, -0.2) is 27.6 Å². The van der Waals surface area contributed by atoms with Gasteiger partial charge < -0.3 is 21.4 Å². The van der Waals surface area contributed by atoms with Crippen molar-refractivity contribution in [1.82, 2.24) is 5.32 Å². The van der Waals surface area contributed by atoms with Gasteiger partial charge in [-0.2, -0.15) is 0 Å². The molecule has 5 N–H and O–H groups in total. The number of amides is 1. The predicted octanol–water partition coefficient (Wildman–Crippen LogP) is 1.18. The van der Waals surface area contributed by atoms with Crippen molar-refractivity contribution in [2.45, 2.75) is 31.2 Å². The molecule has 0 radical (unpaired) electrons. The number of carbonyl (C=O) groups excluding carboxylic acids is 1. The molecule has 19 heavy (non-hydrogen) atoms. The van der Waals surface area contributed by atoms with Gasteiger partial charge in [0.1, 0.15) is 11.3 Å². The molecule has 6 heteroatoms. The number of aromatic hydroxyl groups is 1. The maximum atomic E-state index is 12.2. The summed E-state index contributed by atoms with van der Waals surface area (Å²) in [7, 11) is 0. The average Bonchev–Trinajstić information content (AvgIpc) is 2.88. The second-order valence-electron chi connectivity index (χ2n) is 4.78. The molecule has 102 valence electrons. The number of benzene rings is 1. The molecular weight excluding hydrogens is 246 g/mol. The van der Waals surface area contributed by atoms with Gasteiger partial charge in [0.2, 0.25) is 0 Å². The summed E-state index contributed by atoms with van der Waals surface area (Å²) < 4.78 is 0. The van der Waals surface area contributed by atoms with Crippen molar-refractivity contribution in [3.8, 4) is 5.75 Å². The van der Waals surface area contributed by atoms with E-state index in [1.165, 1.54) is 24.3 Å². The van der Waals surface area contributed by atoms with Crippen LogP contribution in [0, 0.1) is 0 Å². The molecule has 2 rings (SSSR count). The largest absolute Gasteiger partial charge is 0.508 e. The second-order valence-corrected chi connectivity index (χ2v) is 4.78. The molecular formula is C13H17N3O3. The first-order valence-corrected chi connectivity index (χ1v) is 6.17. The van der Waals surface area contributed by atoms with Crippen LogP contribution in [0.5, 0.6) is 5.75 Å². The third-order valence-electron chi connectivity index (χ3n) is 3.54. The zero-order chi connectivity index (χ0) is 13.9. The number of hydrogen-bond donors (Lipinski definition) is 4. The van der Waals surface area contributed by atoms with Crippen molar-refractivity contribution in [2.24, 2.45) is 10.9 Å². The van der Waals surface area contributed by atoms with Gasteiger partial charge in [0.25, 0.3) is 5.91 Å². The van der Waals surface area contributed by atoms with Gasteiger partial charge in [-0.1, -0.05) is 18.0 Å². The minimum Gasteiger partial charge on any atom is -0.508 e. The van der Waals surface area contributed by atoms with Crippen LogP contribution in [0.4, 0.5) is 0 Å². The predicted molar refractivity (Wildman–Crippen MR) is 70.2 cm³/mol. The Morgan fingerprint density at radius 1 is 1.26 bits per heavy atom. The van der Waals surface area contributed by atoms with Crippen LogP contribution in [0.3, 0.4) is 0 Å². The fourth-order valence-corrected chi connectivity index (χ4v) is 2.42. The highest BCUT2D eigenvalue weighted by Gasteiger charge is 2.39. The summed E-state index contributed by atoms with van der Waals surface area (Å²) in [6.07, 6.45) is 3.16. The van der Waals surface area contributed by atoms with E-state index in [1.807, 2.05) is 0 Å². The molecule has 0 bridgehead atoms. The summed E-state index contributed by atoms with van der Waals surface area (Å²) in [6.45, 7) is 0. The highest BCUT2D eigenvalue weighted by molar-refractivity contribution is 6.00. The number of amidine groups is 1. The van der Waals surface area contributed by atoms with Crippen molar-refractivity contribution in [3.05, 3.63) is 29.8 Å². The molecule has 0 spiro atoms. The fourth-order valence-electron chi connectivity index (χ4n) is 2.42. The van der Waals surface area contributed by atoms with Gasteiger partial charge in [-0.3, -0.25) is 4.79 Å². The topological polar surface area (TPSA) is 108 Å².